The second-order valence-electron chi connectivity index (χ2n) is 5.34. The smallest absolute Gasteiger partial charge is 0.307 e. The molecular weight excluding hydrogens is 311 g/mol. The second kappa shape index (κ2) is 7.68. The molecule has 0 saturated carbocycles. The zero-order valence-electron chi connectivity index (χ0n) is 13.9. The van der Waals surface area contributed by atoms with Crippen LogP contribution in [-0.4, -0.2) is 28.6 Å². The van der Waals surface area contributed by atoms with Crippen LogP contribution in [0.5, 0.6) is 0 Å². The topological polar surface area (TPSA) is 61.2 Å². The molecule has 0 bridgehead atoms. The molecule has 1 aromatic carbocycles. The Morgan fingerprint density at radius 1 is 1.25 bits per heavy atom. The fraction of sp³-hybridized carbons (Fsp3) is 0.278. The fourth-order valence-electron chi connectivity index (χ4n) is 2.34. The first-order valence-electron chi connectivity index (χ1n) is 7.51. The van der Waals surface area contributed by atoms with Gasteiger partial charge in [0.05, 0.1) is 25.8 Å². The van der Waals surface area contributed by atoms with E-state index in [0.29, 0.717) is 12.1 Å². The summed E-state index contributed by atoms with van der Waals surface area (Å²) in [5.74, 6) is -0.892. The van der Waals surface area contributed by atoms with Crippen molar-refractivity contribution in [2.45, 2.75) is 26.8 Å². The van der Waals surface area contributed by atoms with Crippen molar-refractivity contribution in [2.24, 2.45) is 0 Å². The number of carbonyl (C=O) groups is 2. The molecule has 24 heavy (non-hydrogen) atoms. The number of halogens is 1. The summed E-state index contributed by atoms with van der Waals surface area (Å²) in [6, 6.07) is 5.40. The van der Waals surface area contributed by atoms with Crippen LogP contribution in [0, 0.1) is 19.7 Å². The van der Waals surface area contributed by atoms with E-state index in [9.17, 15) is 14.0 Å². The lowest BCUT2D eigenvalue weighted by molar-refractivity contribution is -0.140. The molecule has 2 aromatic rings. The fourth-order valence-corrected chi connectivity index (χ4v) is 2.34. The predicted octanol–water partition coefficient (Wildman–Crippen LogP) is 3.10. The average molecular weight is 330 g/mol. The van der Waals surface area contributed by atoms with Crippen LogP contribution >= 0.6 is 0 Å². The molecule has 0 aliphatic carbocycles. The number of ether oxygens (including phenoxy) is 1. The van der Waals surface area contributed by atoms with Gasteiger partial charge in [-0.3, -0.25) is 14.3 Å². The second-order valence-corrected chi connectivity index (χ2v) is 5.34. The number of methoxy groups -OCH3 is 1. The number of aromatic nitrogens is 2. The van der Waals surface area contributed by atoms with Gasteiger partial charge in [-0.25, -0.2) is 4.39 Å². The molecule has 0 N–H and O–H groups in total. The highest BCUT2D eigenvalue weighted by molar-refractivity contribution is 6.06. The number of allylic oxidation sites excluding steroid dienone is 1. The Hall–Kier alpha value is -2.76. The Morgan fingerprint density at radius 2 is 1.92 bits per heavy atom. The molecule has 0 unspecified atom stereocenters. The van der Waals surface area contributed by atoms with Crippen LogP contribution in [0.25, 0.3) is 6.08 Å². The summed E-state index contributed by atoms with van der Waals surface area (Å²) in [7, 11) is 1.35. The van der Waals surface area contributed by atoms with Crippen molar-refractivity contribution in [3.05, 3.63) is 58.7 Å². The maximum atomic E-state index is 12.9. The number of aryl methyl sites for hydroxylation is 2. The van der Waals surface area contributed by atoms with Crippen molar-refractivity contribution >= 4 is 17.8 Å². The first kappa shape index (κ1) is 17.6. The van der Waals surface area contributed by atoms with E-state index in [4.69, 9.17) is 0 Å². The summed E-state index contributed by atoms with van der Waals surface area (Å²) < 4.78 is 19.2. The third kappa shape index (κ3) is 4.16. The number of esters is 1. The first-order chi connectivity index (χ1) is 11.4. The maximum absolute atomic E-state index is 12.9. The van der Waals surface area contributed by atoms with Gasteiger partial charge in [0.2, 0.25) is 0 Å². The maximum Gasteiger partial charge on any atom is 0.307 e. The Morgan fingerprint density at radius 3 is 2.54 bits per heavy atom. The molecular formula is C18H19FN2O3. The zero-order chi connectivity index (χ0) is 17.7. The lowest BCUT2D eigenvalue weighted by Gasteiger charge is -2.03. The van der Waals surface area contributed by atoms with Crippen LogP contribution in [0.15, 0.2) is 30.3 Å². The molecule has 0 saturated heterocycles. The van der Waals surface area contributed by atoms with Crippen LogP contribution in [0.1, 0.15) is 33.7 Å². The predicted molar refractivity (Wildman–Crippen MR) is 88.1 cm³/mol. The van der Waals surface area contributed by atoms with Gasteiger partial charge in [0, 0.05) is 16.8 Å². The van der Waals surface area contributed by atoms with Crippen LogP contribution in [-0.2, 0) is 16.1 Å². The largest absolute Gasteiger partial charge is 0.469 e. The summed E-state index contributed by atoms with van der Waals surface area (Å²) in [5.41, 5.74) is 2.87. The van der Waals surface area contributed by atoms with Crippen molar-refractivity contribution in [1.29, 1.82) is 0 Å². The van der Waals surface area contributed by atoms with Crippen molar-refractivity contribution in [3.63, 3.8) is 0 Å². The highest BCUT2D eigenvalue weighted by Gasteiger charge is 2.11. The highest BCUT2D eigenvalue weighted by Crippen LogP contribution is 2.16. The van der Waals surface area contributed by atoms with Gasteiger partial charge in [-0.15, -0.1) is 0 Å². The molecule has 1 aromatic heterocycles. The van der Waals surface area contributed by atoms with E-state index in [1.54, 1.807) is 10.8 Å². The number of ketones is 1. The van der Waals surface area contributed by atoms with Crippen molar-refractivity contribution in [2.75, 3.05) is 7.11 Å². The van der Waals surface area contributed by atoms with E-state index >= 15 is 0 Å². The van der Waals surface area contributed by atoms with Crippen LogP contribution in [0.2, 0.25) is 0 Å². The van der Waals surface area contributed by atoms with E-state index in [1.807, 2.05) is 13.8 Å². The summed E-state index contributed by atoms with van der Waals surface area (Å²) in [6.45, 7) is 4.13. The number of hydrogen-bond acceptors (Lipinski definition) is 4. The molecule has 0 radical (unpaired) electrons. The molecule has 5 nitrogen and oxygen atoms in total. The van der Waals surface area contributed by atoms with Gasteiger partial charge in [-0.2, -0.15) is 5.10 Å². The van der Waals surface area contributed by atoms with Crippen LogP contribution < -0.4 is 0 Å². The van der Waals surface area contributed by atoms with Crippen LogP contribution in [0.4, 0.5) is 4.39 Å². The first-order valence-corrected chi connectivity index (χ1v) is 7.51. The van der Waals surface area contributed by atoms with E-state index in [-0.39, 0.29) is 24.0 Å². The van der Waals surface area contributed by atoms with Crippen molar-refractivity contribution in [1.82, 2.24) is 9.78 Å². The zero-order valence-corrected chi connectivity index (χ0v) is 13.9. The third-order valence-electron chi connectivity index (χ3n) is 3.72. The van der Waals surface area contributed by atoms with Gasteiger partial charge >= 0.3 is 5.97 Å². The molecule has 0 amide bonds. The van der Waals surface area contributed by atoms with Crippen LogP contribution in [0.3, 0.4) is 0 Å². The number of carbonyl (C=O) groups excluding carboxylic acids is 2. The van der Waals surface area contributed by atoms with Crippen molar-refractivity contribution in [3.8, 4) is 0 Å². The number of benzene rings is 1. The van der Waals surface area contributed by atoms with E-state index < -0.39 is 0 Å². The van der Waals surface area contributed by atoms with Gasteiger partial charge in [-0.1, -0.05) is 0 Å². The minimum Gasteiger partial charge on any atom is -0.469 e. The molecule has 6 heteroatoms. The summed E-state index contributed by atoms with van der Waals surface area (Å²) in [6.07, 6.45) is 3.36. The molecule has 0 aliphatic heterocycles. The molecule has 0 spiro atoms. The quantitative estimate of drug-likeness (QED) is 0.464. The van der Waals surface area contributed by atoms with Gasteiger partial charge < -0.3 is 4.74 Å². The summed E-state index contributed by atoms with van der Waals surface area (Å²) >= 11 is 0. The highest BCUT2D eigenvalue weighted by atomic mass is 19.1. The Kier molecular flexibility index (Phi) is 5.63. The monoisotopic (exact) mass is 330 g/mol. The van der Waals surface area contributed by atoms with E-state index in [2.05, 4.69) is 9.84 Å². The number of hydrogen-bond donors (Lipinski definition) is 0. The van der Waals surface area contributed by atoms with E-state index in [1.165, 1.54) is 37.5 Å². The van der Waals surface area contributed by atoms with Gasteiger partial charge in [0.1, 0.15) is 5.82 Å². The van der Waals surface area contributed by atoms with E-state index in [0.717, 1.165) is 17.0 Å². The van der Waals surface area contributed by atoms with Gasteiger partial charge in [0.25, 0.3) is 0 Å². The molecule has 0 atom stereocenters. The average Bonchev–Trinajstić information content (AvgIpc) is 2.84. The number of rotatable bonds is 6. The SMILES string of the molecule is COC(=O)CCn1nc(C)c(/C=C/C(=O)c2ccc(F)cc2)c1C. The van der Waals surface area contributed by atoms with Crippen molar-refractivity contribution < 1.29 is 18.7 Å². The number of nitrogens with zero attached hydrogens (tertiary/aromatic N) is 2. The molecule has 0 fully saturated rings. The minimum atomic E-state index is -0.380. The third-order valence-corrected chi connectivity index (χ3v) is 3.72. The molecule has 0 aliphatic rings. The standard InChI is InChI=1S/C18H19FN2O3/c1-12-16(13(2)21(20-12)11-10-18(23)24-3)8-9-17(22)14-4-6-15(19)7-5-14/h4-9H,10-11H2,1-3H3/b9-8+. The summed E-state index contributed by atoms with van der Waals surface area (Å²) in [4.78, 5) is 23.4. The van der Waals surface area contributed by atoms with Gasteiger partial charge in [-0.05, 0) is 50.3 Å². The normalized spacial score (nSPS) is 11.0. The molecule has 1 heterocycles. The molecule has 2 rings (SSSR count). The Bertz CT molecular complexity index is 776. The lowest BCUT2D eigenvalue weighted by atomic mass is 10.1. The Labute approximate surface area is 139 Å². The lowest BCUT2D eigenvalue weighted by Crippen LogP contribution is -2.09. The minimum absolute atomic E-state index is 0.212. The van der Waals surface area contributed by atoms with Gasteiger partial charge in [0.15, 0.2) is 5.78 Å². The summed E-state index contributed by atoms with van der Waals surface area (Å²) in [5, 5.41) is 4.38. The molecule has 126 valence electrons. The Balaban J connectivity index is 2.14.